The SMILES string of the molecule is Cc1c(/C(=N/OC(C)C)n2ccnc2)ccc2c1OCCO2. The summed E-state index contributed by atoms with van der Waals surface area (Å²) in [4.78, 5) is 9.53. The van der Waals surface area contributed by atoms with Crippen molar-refractivity contribution >= 4 is 5.84 Å². The Kier molecular flexibility index (Phi) is 4.00. The second kappa shape index (κ2) is 6.09. The van der Waals surface area contributed by atoms with Crippen molar-refractivity contribution in [1.82, 2.24) is 9.55 Å². The standard InChI is InChI=1S/C16H19N3O3/c1-11(2)22-18-16(19-7-6-17-10-19)13-4-5-14-15(12(13)3)21-9-8-20-14/h4-7,10-11H,8-9H2,1-3H3/b18-16-. The average Bonchev–Trinajstić information content (AvgIpc) is 3.03. The lowest BCUT2D eigenvalue weighted by atomic mass is 10.1. The number of nitrogens with zero attached hydrogens (tertiary/aromatic N) is 3. The van der Waals surface area contributed by atoms with Gasteiger partial charge in [-0.05, 0) is 32.9 Å². The van der Waals surface area contributed by atoms with E-state index in [-0.39, 0.29) is 6.10 Å². The molecule has 2 aromatic rings. The molecule has 0 spiro atoms. The van der Waals surface area contributed by atoms with Crippen LogP contribution in [0.1, 0.15) is 25.0 Å². The van der Waals surface area contributed by atoms with Gasteiger partial charge in [-0.3, -0.25) is 4.57 Å². The molecule has 0 amide bonds. The van der Waals surface area contributed by atoms with Crippen molar-refractivity contribution in [2.45, 2.75) is 26.9 Å². The Bertz CT molecular complexity index is 678. The van der Waals surface area contributed by atoms with Gasteiger partial charge < -0.3 is 14.3 Å². The number of hydrogen-bond donors (Lipinski definition) is 0. The molecule has 2 heterocycles. The van der Waals surface area contributed by atoms with Crippen molar-refractivity contribution in [2.24, 2.45) is 5.16 Å². The van der Waals surface area contributed by atoms with Gasteiger partial charge in [-0.25, -0.2) is 4.98 Å². The van der Waals surface area contributed by atoms with E-state index in [0.29, 0.717) is 19.0 Å². The lowest BCUT2D eigenvalue weighted by molar-refractivity contribution is 0.0853. The maximum Gasteiger partial charge on any atom is 0.185 e. The third kappa shape index (κ3) is 2.77. The molecule has 0 aliphatic carbocycles. The fourth-order valence-corrected chi connectivity index (χ4v) is 2.27. The Hall–Kier alpha value is -2.50. The molecule has 0 saturated carbocycles. The van der Waals surface area contributed by atoms with Crippen LogP contribution in [0.5, 0.6) is 11.5 Å². The smallest absolute Gasteiger partial charge is 0.185 e. The highest BCUT2D eigenvalue weighted by Gasteiger charge is 2.20. The Morgan fingerprint density at radius 3 is 2.86 bits per heavy atom. The molecule has 1 aromatic carbocycles. The van der Waals surface area contributed by atoms with Crippen molar-refractivity contribution in [1.29, 1.82) is 0 Å². The van der Waals surface area contributed by atoms with Crippen LogP contribution < -0.4 is 9.47 Å². The minimum absolute atomic E-state index is 0.00367. The summed E-state index contributed by atoms with van der Waals surface area (Å²) in [5.74, 6) is 2.20. The van der Waals surface area contributed by atoms with E-state index in [4.69, 9.17) is 14.3 Å². The Balaban J connectivity index is 2.07. The van der Waals surface area contributed by atoms with Crippen molar-refractivity contribution in [3.05, 3.63) is 42.0 Å². The number of oxime groups is 1. The molecule has 0 N–H and O–H groups in total. The summed E-state index contributed by atoms with van der Waals surface area (Å²) in [6.07, 6.45) is 5.23. The number of ether oxygens (including phenoxy) is 2. The first-order chi connectivity index (χ1) is 10.7. The minimum Gasteiger partial charge on any atom is -0.486 e. The fraction of sp³-hybridized carbons (Fsp3) is 0.375. The third-order valence-electron chi connectivity index (χ3n) is 3.30. The van der Waals surface area contributed by atoms with Crippen LogP contribution >= 0.6 is 0 Å². The molecular formula is C16H19N3O3. The van der Waals surface area contributed by atoms with Gasteiger partial charge in [-0.1, -0.05) is 5.16 Å². The van der Waals surface area contributed by atoms with E-state index >= 15 is 0 Å². The number of fused-ring (bicyclic) bond motifs is 1. The number of benzene rings is 1. The highest BCUT2D eigenvalue weighted by molar-refractivity contribution is 6.02. The Morgan fingerprint density at radius 1 is 1.32 bits per heavy atom. The summed E-state index contributed by atoms with van der Waals surface area (Å²) in [5.41, 5.74) is 1.89. The van der Waals surface area contributed by atoms with Crippen LogP contribution in [-0.4, -0.2) is 34.7 Å². The zero-order chi connectivity index (χ0) is 15.5. The van der Waals surface area contributed by atoms with Crippen molar-refractivity contribution in [3.63, 3.8) is 0 Å². The zero-order valence-electron chi connectivity index (χ0n) is 12.9. The first-order valence-corrected chi connectivity index (χ1v) is 7.28. The second-order valence-electron chi connectivity index (χ2n) is 5.30. The maximum atomic E-state index is 5.74. The number of imidazole rings is 1. The quantitative estimate of drug-likeness (QED) is 0.497. The highest BCUT2D eigenvalue weighted by Crippen LogP contribution is 2.35. The predicted octanol–water partition coefficient (Wildman–Crippen LogP) is 2.60. The van der Waals surface area contributed by atoms with E-state index in [1.54, 1.807) is 12.5 Å². The molecule has 0 fully saturated rings. The molecule has 1 aromatic heterocycles. The molecule has 3 rings (SSSR count). The van der Waals surface area contributed by atoms with Crippen LogP contribution in [0.4, 0.5) is 0 Å². The zero-order valence-corrected chi connectivity index (χ0v) is 12.9. The summed E-state index contributed by atoms with van der Waals surface area (Å²) in [6.45, 7) is 6.99. The van der Waals surface area contributed by atoms with Gasteiger partial charge in [0.05, 0.1) is 0 Å². The summed E-state index contributed by atoms with van der Waals surface area (Å²) in [5, 5.41) is 4.29. The molecule has 0 bridgehead atoms. The molecule has 0 atom stereocenters. The molecule has 1 aliphatic rings. The van der Waals surface area contributed by atoms with Gasteiger partial charge in [-0.2, -0.15) is 0 Å². The van der Waals surface area contributed by atoms with Gasteiger partial charge in [0.15, 0.2) is 17.3 Å². The van der Waals surface area contributed by atoms with E-state index in [1.165, 1.54) is 0 Å². The predicted molar refractivity (Wildman–Crippen MR) is 82.6 cm³/mol. The molecule has 1 aliphatic heterocycles. The summed E-state index contributed by atoms with van der Waals surface area (Å²) >= 11 is 0. The van der Waals surface area contributed by atoms with E-state index in [9.17, 15) is 0 Å². The van der Waals surface area contributed by atoms with Crippen molar-refractivity contribution < 1.29 is 14.3 Å². The number of hydrogen-bond acceptors (Lipinski definition) is 5. The van der Waals surface area contributed by atoms with E-state index < -0.39 is 0 Å². The van der Waals surface area contributed by atoms with E-state index in [1.807, 2.05) is 43.7 Å². The molecule has 22 heavy (non-hydrogen) atoms. The highest BCUT2D eigenvalue weighted by atomic mass is 16.6. The molecular weight excluding hydrogens is 282 g/mol. The lowest BCUT2D eigenvalue weighted by Crippen LogP contribution is -2.19. The van der Waals surface area contributed by atoms with Crippen molar-refractivity contribution in [2.75, 3.05) is 13.2 Å². The van der Waals surface area contributed by atoms with Gasteiger partial charge in [-0.15, -0.1) is 0 Å². The van der Waals surface area contributed by atoms with E-state index in [0.717, 1.165) is 22.6 Å². The van der Waals surface area contributed by atoms with Crippen LogP contribution in [-0.2, 0) is 4.84 Å². The molecule has 0 radical (unpaired) electrons. The normalized spacial score (nSPS) is 14.3. The molecule has 6 nitrogen and oxygen atoms in total. The Morgan fingerprint density at radius 2 is 2.14 bits per heavy atom. The molecule has 6 heteroatoms. The first kappa shape index (κ1) is 14.4. The van der Waals surface area contributed by atoms with Gasteiger partial charge in [0.1, 0.15) is 25.6 Å². The molecule has 116 valence electrons. The topological polar surface area (TPSA) is 57.9 Å². The van der Waals surface area contributed by atoms with E-state index in [2.05, 4.69) is 10.1 Å². The van der Waals surface area contributed by atoms with Crippen molar-refractivity contribution in [3.8, 4) is 11.5 Å². The van der Waals surface area contributed by atoms with Gasteiger partial charge in [0, 0.05) is 23.5 Å². The minimum atomic E-state index is -0.00367. The Labute approximate surface area is 129 Å². The summed E-state index contributed by atoms with van der Waals surface area (Å²) in [6, 6.07) is 3.87. The van der Waals surface area contributed by atoms with Crippen LogP contribution in [0.15, 0.2) is 36.0 Å². The van der Waals surface area contributed by atoms with Crippen LogP contribution in [0.2, 0.25) is 0 Å². The number of aromatic nitrogens is 2. The summed E-state index contributed by atoms with van der Waals surface area (Å²) in [7, 11) is 0. The van der Waals surface area contributed by atoms with Crippen LogP contribution in [0, 0.1) is 6.92 Å². The fourth-order valence-electron chi connectivity index (χ4n) is 2.27. The van der Waals surface area contributed by atoms with Gasteiger partial charge in [0.25, 0.3) is 0 Å². The van der Waals surface area contributed by atoms with Crippen LogP contribution in [0.25, 0.3) is 0 Å². The second-order valence-corrected chi connectivity index (χ2v) is 5.30. The maximum absolute atomic E-state index is 5.74. The summed E-state index contributed by atoms with van der Waals surface area (Å²) < 4.78 is 13.2. The van der Waals surface area contributed by atoms with Gasteiger partial charge in [0.2, 0.25) is 0 Å². The molecule has 0 unspecified atom stereocenters. The monoisotopic (exact) mass is 301 g/mol. The lowest BCUT2D eigenvalue weighted by Gasteiger charge is -2.22. The first-order valence-electron chi connectivity index (χ1n) is 7.28. The van der Waals surface area contributed by atoms with Crippen LogP contribution in [0.3, 0.4) is 0 Å². The third-order valence-corrected chi connectivity index (χ3v) is 3.30. The largest absolute Gasteiger partial charge is 0.486 e. The van der Waals surface area contributed by atoms with Gasteiger partial charge >= 0.3 is 0 Å². The molecule has 0 saturated heterocycles. The average molecular weight is 301 g/mol. The number of rotatable bonds is 3.